The summed E-state index contributed by atoms with van der Waals surface area (Å²) in [5, 5.41) is 0. The van der Waals surface area contributed by atoms with Gasteiger partial charge in [-0.05, 0) is 55.5 Å². The molecule has 0 saturated heterocycles. The Balaban J connectivity index is 1.38. The van der Waals surface area contributed by atoms with Crippen LogP contribution in [0.5, 0.6) is 0 Å². The number of fused-ring (bicyclic) bond motifs is 2. The summed E-state index contributed by atoms with van der Waals surface area (Å²) in [7, 11) is 0. The van der Waals surface area contributed by atoms with Gasteiger partial charge in [-0.1, -0.05) is 24.3 Å². The van der Waals surface area contributed by atoms with Gasteiger partial charge in [-0.2, -0.15) is 0 Å². The van der Waals surface area contributed by atoms with Crippen molar-refractivity contribution in [2.75, 3.05) is 0 Å². The van der Waals surface area contributed by atoms with Gasteiger partial charge in [-0.3, -0.25) is 14.2 Å². The number of nitrogens with zero attached hydrogens (tertiary/aromatic N) is 1. The Bertz CT molecular complexity index is 1110. The predicted molar refractivity (Wildman–Crippen MR) is 103 cm³/mol. The van der Waals surface area contributed by atoms with Crippen molar-refractivity contribution < 1.29 is 18.7 Å². The lowest BCUT2D eigenvalue weighted by Crippen LogP contribution is -2.26. The molecule has 1 aliphatic rings. The van der Waals surface area contributed by atoms with E-state index in [0.29, 0.717) is 16.7 Å². The molecule has 1 aliphatic carbocycles. The van der Waals surface area contributed by atoms with E-state index in [-0.39, 0.29) is 18.7 Å². The number of rotatable bonds is 6. The van der Waals surface area contributed by atoms with Crippen molar-refractivity contribution in [3.05, 3.63) is 69.7 Å². The minimum Gasteiger partial charge on any atom is -0.454 e. The largest absolute Gasteiger partial charge is 0.454 e. The molecule has 1 unspecified atom stereocenters. The van der Waals surface area contributed by atoms with Gasteiger partial charge in [-0.15, -0.1) is 0 Å². The van der Waals surface area contributed by atoms with E-state index in [1.54, 1.807) is 37.3 Å². The molecule has 4 rings (SSSR count). The molecule has 6 heteroatoms. The highest BCUT2D eigenvalue weighted by Gasteiger charge is 2.22. The van der Waals surface area contributed by atoms with E-state index < -0.39 is 17.8 Å². The first-order chi connectivity index (χ1) is 13.5. The Morgan fingerprint density at radius 1 is 1.14 bits per heavy atom. The highest BCUT2D eigenvalue weighted by molar-refractivity contribution is 6.00. The average Bonchev–Trinajstić information content (AvgIpc) is 3.28. The fourth-order valence-corrected chi connectivity index (χ4v) is 3.70. The third kappa shape index (κ3) is 3.50. The van der Waals surface area contributed by atoms with E-state index in [4.69, 9.17) is 9.15 Å². The Hall–Kier alpha value is -3.15. The van der Waals surface area contributed by atoms with E-state index in [0.717, 1.165) is 19.3 Å². The van der Waals surface area contributed by atoms with Crippen LogP contribution in [0.2, 0.25) is 0 Å². The summed E-state index contributed by atoms with van der Waals surface area (Å²) in [6.45, 7) is 1.71. The van der Waals surface area contributed by atoms with Crippen LogP contribution in [0.3, 0.4) is 0 Å². The maximum absolute atomic E-state index is 12.6. The first-order valence-corrected chi connectivity index (χ1v) is 9.47. The molecule has 28 heavy (non-hydrogen) atoms. The number of ketones is 1. The standard InChI is InChI=1S/C22H21NO5/c1-14(21(25)17-10-9-15-5-4-6-16(15)13-17)27-20(24)11-12-23-18-7-2-3-8-19(18)28-22(23)26/h2-3,7-10,13-14H,4-6,11-12H2,1H3. The molecule has 6 nitrogen and oxygen atoms in total. The lowest BCUT2D eigenvalue weighted by Gasteiger charge is -2.13. The van der Waals surface area contributed by atoms with Crippen molar-refractivity contribution in [2.45, 2.75) is 45.3 Å². The van der Waals surface area contributed by atoms with E-state index in [1.165, 1.54) is 15.7 Å². The van der Waals surface area contributed by atoms with Gasteiger partial charge in [0.05, 0.1) is 11.9 Å². The maximum Gasteiger partial charge on any atom is 0.419 e. The molecule has 0 spiro atoms. The Kier molecular flexibility index (Phi) is 4.86. The number of aryl methyl sites for hydroxylation is 3. The number of Topliss-reactive ketones (excluding diaryl/α,β-unsaturated/α-hetero) is 1. The van der Waals surface area contributed by atoms with Crippen molar-refractivity contribution in [1.82, 2.24) is 4.57 Å². The van der Waals surface area contributed by atoms with Crippen molar-refractivity contribution in [3.63, 3.8) is 0 Å². The molecule has 0 radical (unpaired) electrons. The molecule has 2 aromatic carbocycles. The van der Waals surface area contributed by atoms with Crippen LogP contribution in [0.4, 0.5) is 0 Å². The van der Waals surface area contributed by atoms with Gasteiger partial charge in [-0.25, -0.2) is 4.79 Å². The zero-order chi connectivity index (χ0) is 19.7. The molecule has 0 aliphatic heterocycles. The van der Waals surface area contributed by atoms with Crippen LogP contribution in [-0.2, 0) is 28.9 Å². The molecule has 1 atom stereocenters. The topological polar surface area (TPSA) is 78.5 Å². The summed E-state index contributed by atoms with van der Waals surface area (Å²) >= 11 is 0. The number of benzene rings is 2. The number of aromatic nitrogens is 1. The number of oxazole rings is 1. The summed E-state index contributed by atoms with van der Waals surface area (Å²) in [5.74, 6) is -1.26. The number of para-hydroxylation sites is 2. The van der Waals surface area contributed by atoms with Gasteiger partial charge in [0, 0.05) is 12.1 Å². The molecule has 144 valence electrons. The van der Waals surface area contributed by atoms with Crippen molar-refractivity contribution in [2.24, 2.45) is 0 Å². The summed E-state index contributed by atoms with van der Waals surface area (Å²) < 4.78 is 11.8. The molecule has 0 saturated carbocycles. The number of hydrogen-bond donors (Lipinski definition) is 0. The molecular formula is C22H21NO5. The minimum atomic E-state index is -0.871. The van der Waals surface area contributed by atoms with Gasteiger partial charge >= 0.3 is 11.7 Å². The molecule has 1 aromatic heterocycles. The second kappa shape index (κ2) is 7.46. The van der Waals surface area contributed by atoms with Crippen LogP contribution in [-0.4, -0.2) is 22.4 Å². The highest BCUT2D eigenvalue weighted by atomic mass is 16.5. The smallest absolute Gasteiger partial charge is 0.419 e. The molecular weight excluding hydrogens is 358 g/mol. The summed E-state index contributed by atoms with van der Waals surface area (Å²) in [4.78, 5) is 36.7. The fourth-order valence-electron chi connectivity index (χ4n) is 3.70. The third-order valence-electron chi connectivity index (χ3n) is 5.17. The highest BCUT2D eigenvalue weighted by Crippen LogP contribution is 2.23. The van der Waals surface area contributed by atoms with Crippen molar-refractivity contribution >= 4 is 22.9 Å². The molecule has 1 heterocycles. The van der Waals surface area contributed by atoms with Gasteiger partial charge in [0.1, 0.15) is 0 Å². The van der Waals surface area contributed by atoms with Crippen LogP contribution in [0, 0.1) is 0 Å². The normalized spacial score (nSPS) is 14.0. The number of carbonyl (C=O) groups is 2. The van der Waals surface area contributed by atoms with Gasteiger partial charge < -0.3 is 9.15 Å². The SMILES string of the molecule is CC(OC(=O)CCn1c(=O)oc2ccccc21)C(=O)c1ccc2c(c1)CCC2. The van der Waals surface area contributed by atoms with Crippen molar-refractivity contribution in [1.29, 1.82) is 0 Å². The van der Waals surface area contributed by atoms with E-state index in [2.05, 4.69) is 0 Å². The molecule has 3 aromatic rings. The molecule has 0 N–H and O–H groups in total. The zero-order valence-electron chi connectivity index (χ0n) is 15.6. The number of carbonyl (C=O) groups excluding carboxylic acids is 2. The lowest BCUT2D eigenvalue weighted by molar-refractivity contribution is -0.146. The average molecular weight is 379 g/mol. The number of ether oxygens (including phenoxy) is 1. The number of esters is 1. The Morgan fingerprint density at radius 3 is 2.79 bits per heavy atom. The van der Waals surface area contributed by atoms with Crippen LogP contribution in [0.15, 0.2) is 51.7 Å². The van der Waals surface area contributed by atoms with Crippen LogP contribution < -0.4 is 5.76 Å². The van der Waals surface area contributed by atoms with Crippen molar-refractivity contribution in [3.8, 4) is 0 Å². The Labute approximate surface area is 161 Å². The van der Waals surface area contributed by atoms with E-state index in [9.17, 15) is 14.4 Å². The van der Waals surface area contributed by atoms with Gasteiger partial charge in [0.25, 0.3) is 0 Å². The summed E-state index contributed by atoms with van der Waals surface area (Å²) in [6.07, 6.45) is 2.25. The van der Waals surface area contributed by atoms with Crippen LogP contribution >= 0.6 is 0 Å². The summed E-state index contributed by atoms with van der Waals surface area (Å²) in [6, 6.07) is 12.7. The quantitative estimate of drug-likeness (QED) is 0.485. The molecule has 0 bridgehead atoms. The maximum atomic E-state index is 12.6. The van der Waals surface area contributed by atoms with Crippen LogP contribution in [0.1, 0.15) is 41.3 Å². The second-order valence-electron chi connectivity index (χ2n) is 7.07. The minimum absolute atomic E-state index is 0.0226. The lowest BCUT2D eigenvalue weighted by atomic mass is 10.0. The molecule has 0 amide bonds. The predicted octanol–water partition coefficient (Wildman–Crippen LogP) is 3.29. The molecule has 0 fully saturated rings. The number of hydrogen-bond acceptors (Lipinski definition) is 5. The van der Waals surface area contributed by atoms with E-state index >= 15 is 0 Å². The van der Waals surface area contributed by atoms with Crippen LogP contribution in [0.25, 0.3) is 11.1 Å². The Morgan fingerprint density at radius 2 is 1.93 bits per heavy atom. The van der Waals surface area contributed by atoms with E-state index in [1.807, 2.05) is 12.1 Å². The summed E-state index contributed by atoms with van der Waals surface area (Å²) in [5.41, 5.74) is 4.16. The zero-order valence-corrected chi connectivity index (χ0v) is 15.6. The monoisotopic (exact) mass is 379 g/mol. The third-order valence-corrected chi connectivity index (χ3v) is 5.17. The fraction of sp³-hybridized carbons (Fsp3) is 0.318. The second-order valence-corrected chi connectivity index (χ2v) is 7.07. The first kappa shape index (κ1) is 18.2. The van der Waals surface area contributed by atoms with Gasteiger partial charge in [0.2, 0.25) is 5.78 Å². The first-order valence-electron chi connectivity index (χ1n) is 9.47. The van der Waals surface area contributed by atoms with Gasteiger partial charge in [0.15, 0.2) is 11.7 Å².